The molecular weight excluding hydrogens is 318 g/mol. The Morgan fingerprint density at radius 3 is 2.80 bits per heavy atom. The molecule has 0 radical (unpaired) electrons. The van der Waals surface area contributed by atoms with E-state index < -0.39 is 5.54 Å². The van der Waals surface area contributed by atoms with Crippen molar-refractivity contribution in [1.29, 1.82) is 5.26 Å². The average molecular weight is 343 g/mol. The molecule has 1 aromatic rings. The molecule has 2 saturated carbocycles. The molecule has 7 nitrogen and oxygen atoms in total. The number of aromatic nitrogens is 3. The largest absolute Gasteiger partial charge is 0.381 e. The van der Waals surface area contributed by atoms with E-state index in [1.165, 1.54) is 19.3 Å². The van der Waals surface area contributed by atoms with Crippen LogP contribution in [0, 0.1) is 23.2 Å². The minimum atomic E-state index is -0.508. The van der Waals surface area contributed by atoms with Crippen LogP contribution < -0.4 is 5.32 Å². The van der Waals surface area contributed by atoms with Gasteiger partial charge < -0.3 is 10.1 Å². The summed E-state index contributed by atoms with van der Waals surface area (Å²) in [5.41, 5.74) is 0.284. The highest BCUT2D eigenvalue weighted by Gasteiger charge is 2.47. The van der Waals surface area contributed by atoms with Crippen molar-refractivity contribution < 1.29 is 9.53 Å². The summed E-state index contributed by atoms with van der Waals surface area (Å²) in [4.78, 5) is 12.6. The number of amides is 1. The molecule has 3 aliphatic rings. The van der Waals surface area contributed by atoms with Crippen molar-refractivity contribution in [1.82, 2.24) is 20.3 Å². The molecule has 1 saturated heterocycles. The van der Waals surface area contributed by atoms with Crippen LogP contribution in [0.15, 0.2) is 6.20 Å². The van der Waals surface area contributed by atoms with Gasteiger partial charge in [-0.05, 0) is 38.0 Å². The first-order valence-electron chi connectivity index (χ1n) is 9.44. The maximum atomic E-state index is 12.6. The Bertz CT molecular complexity index is 663. The number of nitrogens with one attached hydrogen (secondary N) is 1. The monoisotopic (exact) mass is 343 g/mol. The summed E-state index contributed by atoms with van der Waals surface area (Å²) >= 11 is 0. The van der Waals surface area contributed by atoms with Crippen molar-refractivity contribution in [2.24, 2.45) is 11.8 Å². The maximum absolute atomic E-state index is 12.6. The van der Waals surface area contributed by atoms with Gasteiger partial charge in [0.05, 0.1) is 30.8 Å². The van der Waals surface area contributed by atoms with E-state index in [0.29, 0.717) is 19.1 Å². The topological polar surface area (TPSA) is 92.8 Å². The van der Waals surface area contributed by atoms with Crippen LogP contribution in [0.2, 0.25) is 0 Å². The van der Waals surface area contributed by atoms with Gasteiger partial charge in [-0.15, -0.1) is 5.10 Å². The summed E-state index contributed by atoms with van der Waals surface area (Å²) in [5.74, 6) is 0.390. The molecule has 0 bridgehead atoms. The standard InChI is InChI=1S/C18H25N5O2/c19-12-18(7-8-18)23-10-15(21-22-23)16(13-4-2-1-3-5-13)20-17(24)14-6-9-25-11-14/h10,13-14,16H,1-9,11H2,(H,20,24). The molecule has 4 rings (SSSR count). The van der Waals surface area contributed by atoms with Gasteiger partial charge in [0.15, 0.2) is 5.54 Å². The summed E-state index contributed by atoms with van der Waals surface area (Å²) in [6, 6.07) is 2.23. The molecule has 2 aliphatic carbocycles. The fourth-order valence-corrected chi connectivity index (χ4v) is 4.05. The van der Waals surface area contributed by atoms with Crippen LogP contribution in [0.1, 0.15) is 63.1 Å². The van der Waals surface area contributed by atoms with Gasteiger partial charge in [0.2, 0.25) is 5.91 Å². The minimum absolute atomic E-state index is 0.0593. The van der Waals surface area contributed by atoms with Crippen molar-refractivity contribution in [3.8, 4) is 6.07 Å². The highest BCUT2D eigenvalue weighted by atomic mass is 16.5. The van der Waals surface area contributed by atoms with Crippen LogP contribution in [0.5, 0.6) is 0 Å². The molecule has 2 heterocycles. The van der Waals surface area contributed by atoms with E-state index in [2.05, 4.69) is 21.7 Å². The van der Waals surface area contributed by atoms with Gasteiger partial charge in [0.1, 0.15) is 5.69 Å². The predicted molar refractivity (Wildman–Crippen MR) is 89.2 cm³/mol. The average Bonchev–Trinajstić information content (AvgIpc) is 3.05. The Morgan fingerprint density at radius 2 is 2.16 bits per heavy atom. The fraction of sp³-hybridized carbons (Fsp3) is 0.778. The third kappa shape index (κ3) is 3.28. The van der Waals surface area contributed by atoms with Gasteiger partial charge >= 0.3 is 0 Å². The van der Waals surface area contributed by atoms with Crippen LogP contribution in [0.4, 0.5) is 0 Å². The summed E-state index contributed by atoms with van der Waals surface area (Å²) in [7, 11) is 0. The first kappa shape index (κ1) is 16.5. The van der Waals surface area contributed by atoms with Gasteiger partial charge in [-0.3, -0.25) is 4.79 Å². The van der Waals surface area contributed by atoms with E-state index in [4.69, 9.17) is 4.74 Å². The second-order valence-corrected chi connectivity index (χ2v) is 7.68. The lowest BCUT2D eigenvalue weighted by Gasteiger charge is -2.30. The number of hydrogen-bond acceptors (Lipinski definition) is 5. The van der Waals surface area contributed by atoms with Crippen LogP contribution >= 0.6 is 0 Å². The van der Waals surface area contributed by atoms with Gasteiger partial charge in [-0.2, -0.15) is 5.26 Å². The Balaban J connectivity index is 1.54. The Kier molecular flexibility index (Phi) is 4.46. The molecule has 0 aromatic carbocycles. The van der Waals surface area contributed by atoms with E-state index in [9.17, 15) is 10.1 Å². The molecule has 2 unspecified atom stereocenters. The lowest BCUT2D eigenvalue weighted by atomic mass is 9.82. The van der Waals surface area contributed by atoms with Crippen molar-refractivity contribution in [3.05, 3.63) is 11.9 Å². The highest BCUT2D eigenvalue weighted by Crippen LogP contribution is 2.43. The number of carbonyl (C=O) groups excluding carboxylic acids is 1. The predicted octanol–water partition coefficient (Wildman–Crippen LogP) is 2.06. The zero-order valence-corrected chi connectivity index (χ0v) is 14.5. The van der Waals surface area contributed by atoms with E-state index in [0.717, 1.165) is 37.8 Å². The van der Waals surface area contributed by atoms with E-state index in [1.54, 1.807) is 4.68 Å². The number of rotatable bonds is 5. The molecule has 134 valence electrons. The van der Waals surface area contributed by atoms with Gasteiger partial charge in [0.25, 0.3) is 0 Å². The van der Waals surface area contributed by atoms with Crippen molar-refractivity contribution in [3.63, 3.8) is 0 Å². The molecule has 2 atom stereocenters. The Morgan fingerprint density at radius 1 is 1.36 bits per heavy atom. The van der Waals surface area contributed by atoms with Crippen molar-refractivity contribution >= 4 is 5.91 Å². The first-order valence-corrected chi connectivity index (χ1v) is 9.44. The van der Waals surface area contributed by atoms with Crippen LogP contribution in [-0.2, 0) is 15.1 Å². The van der Waals surface area contributed by atoms with Gasteiger partial charge in [0, 0.05) is 6.61 Å². The van der Waals surface area contributed by atoms with Crippen molar-refractivity contribution in [2.75, 3.05) is 13.2 Å². The molecular formula is C18H25N5O2. The lowest BCUT2D eigenvalue weighted by Crippen LogP contribution is -2.38. The third-order valence-corrected chi connectivity index (χ3v) is 5.92. The van der Waals surface area contributed by atoms with Crippen LogP contribution in [-0.4, -0.2) is 34.1 Å². The summed E-state index contributed by atoms with van der Waals surface area (Å²) < 4.78 is 7.05. The highest BCUT2D eigenvalue weighted by molar-refractivity contribution is 5.79. The van der Waals surface area contributed by atoms with Crippen LogP contribution in [0.3, 0.4) is 0 Å². The molecule has 7 heteroatoms. The molecule has 1 aromatic heterocycles. The van der Waals surface area contributed by atoms with E-state index in [-0.39, 0.29) is 17.9 Å². The minimum Gasteiger partial charge on any atom is -0.381 e. The normalized spacial score (nSPS) is 26.8. The summed E-state index contributed by atoms with van der Waals surface area (Å²) in [6.07, 6.45) is 10.2. The molecule has 25 heavy (non-hydrogen) atoms. The SMILES string of the molecule is N#CC1(n2cc(C(NC(=O)C3CCOC3)C3CCCCC3)nn2)CC1. The smallest absolute Gasteiger partial charge is 0.226 e. The second kappa shape index (κ2) is 6.75. The first-order chi connectivity index (χ1) is 12.2. The number of carbonyl (C=O) groups is 1. The number of nitrogens with zero attached hydrogens (tertiary/aromatic N) is 4. The molecule has 1 amide bonds. The Hall–Kier alpha value is -1.94. The van der Waals surface area contributed by atoms with E-state index >= 15 is 0 Å². The van der Waals surface area contributed by atoms with Crippen LogP contribution in [0.25, 0.3) is 0 Å². The number of nitriles is 1. The number of hydrogen-bond donors (Lipinski definition) is 1. The molecule has 1 N–H and O–H groups in total. The lowest BCUT2D eigenvalue weighted by molar-refractivity contribution is -0.126. The second-order valence-electron chi connectivity index (χ2n) is 7.68. The fourth-order valence-electron chi connectivity index (χ4n) is 4.05. The molecule has 0 spiro atoms. The zero-order chi connectivity index (χ0) is 17.3. The van der Waals surface area contributed by atoms with E-state index in [1.807, 2.05) is 6.20 Å². The summed E-state index contributed by atoms with van der Waals surface area (Å²) in [6.45, 7) is 1.17. The Labute approximate surface area is 147 Å². The van der Waals surface area contributed by atoms with Gasteiger partial charge in [-0.25, -0.2) is 4.68 Å². The molecule has 1 aliphatic heterocycles. The third-order valence-electron chi connectivity index (χ3n) is 5.92. The quantitative estimate of drug-likeness (QED) is 0.883. The zero-order valence-electron chi connectivity index (χ0n) is 14.5. The van der Waals surface area contributed by atoms with Crippen molar-refractivity contribution in [2.45, 2.75) is 62.9 Å². The molecule has 3 fully saturated rings. The number of ether oxygens (including phenoxy) is 1. The summed E-state index contributed by atoms with van der Waals surface area (Å²) in [5, 5.41) is 21.2. The maximum Gasteiger partial charge on any atom is 0.226 e. The van der Waals surface area contributed by atoms with Gasteiger partial charge in [-0.1, -0.05) is 24.5 Å².